The summed E-state index contributed by atoms with van der Waals surface area (Å²) in [6, 6.07) is 14.7. The van der Waals surface area contributed by atoms with Gasteiger partial charge in [0.15, 0.2) is 0 Å². The molecule has 5 nitrogen and oxygen atoms in total. The van der Waals surface area contributed by atoms with Crippen LogP contribution in [0.4, 0.5) is 10.5 Å². The first-order chi connectivity index (χ1) is 12.5. The molecule has 26 heavy (non-hydrogen) atoms. The maximum atomic E-state index is 12.4. The van der Waals surface area contributed by atoms with Gasteiger partial charge in [0, 0.05) is 24.7 Å². The molecule has 2 aromatic rings. The van der Waals surface area contributed by atoms with Gasteiger partial charge in [0.2, 0.25) is 0 Å². The van der Waals surface area contributed by atoms with E-state index in [-0.39, 0.29) is 12.1 Å². The highest BCUT2D eigenvalue weighted by Gasteiger charge is 2.29. The fourth-order valence-electron chi connectivity index (χ4n) is 2.98. The first-order valence-electron chi connectivity index (χ1n) is 8.67. The number of anilines is 1. The van der Waals surface area contributed by atoms with Crippen molar-refractivity contribution in [1.82, 2.24) is 4.90 Å². The number of hydrogen-bond donors (Lipinski definition) is 2. The number of nitrogens with one attached hydrogen (secondary N) is 1. The largest absolute Gasteiger partial charge is 0.487 e. The normalized spacial score (nSPS) is 18.7. The average molecular weight is 375 g/mol. The topological polar surface area (TPSA) is 61.8 Å². The van der Waals surface area contributed by atoms with E-state index in [9.17, 15) is 9.90 Å². The zero-order valence-electron chi connectivity index (χ0n) is 14.7. The van der Waals surface area contributed by atoms with Crippen LogP contribution in [0.5, 0.6) is 5.75 Å². The Morgan fingerprint density at radius 3 is 2.69 bits per heavy atom. The molecule has 1 aliphatic rings. The molecule has 2 aromatic carbocycles. The minimum Gasteiger partial charge on any atom is -0.487 e. The molecule has 2 amide bonds. The van der Waals surface area contributed by atoms with Gasteiger partial charge in [-0.1, -0.05) is 41.9 Å². The van der Waals surface area contributed by atoms with Crippen LogP contribution in [0.2, 0.25) is 5.02 Å². The van der Waals surface area contributed by atoms with E-state index < -0.39 is 0 Å². The zero-order valence-corrected chi connectivity index (χ0v) is 15.4. The van der Waals surface area contributed by atoms with Crippen molar-refractivity contribution in [3.63, 3.8) is 0 Å². The van der Waals surface area contributed by atoms with Gasteiger partial charge in [-0.15, -0.1) is 0 Å². The van der Waals surface area contributed by atoms with Crippen molar-refractivity contribution in [2.75, 3.05) is 18.9 Å². The van der Waals surface area contributed by atoms with Crippen molar-refractivity contribution in [3.8, 4) is 5.75 Å². The quantitative estimate of drug-likeness (QED) is 0.798. The molecular formula is C20H23ClN2O3. The number of nitrogens with zero attached hydrogens (tertiary/aromatic N) is 1. The Morgan fingerprint density at radius 2 is 2.00 bits per heavy atom. The second kappa shape index (κ2) is 8.43. The van der Waals surface area contributed by atoms with E-state index in [0.29, 0.717) is 35.5 Å². The Labute approximate surface area is 158 Å². The Bertz CT molecular complexity index is 748. The van der Waals surface area contributed by atoms with Gasteiger partial charge in [-0.3, -0.25) is 0 Å². The summed E-state index contributed by atoms with van der Waals surface area (Å²) < 4.78 is 5.86. The molecule has 0 saturated heterocycles. The van der Waals surface area contributed by atoms with Crippen LogP contribution in [0, 0.1) is 5.92 Å². The number of urea groups is 1. The van der Waals surface area contributed by atoms with E-state index in [1.165, 1.54) is 0 Å². The standard InChI is InChI=1S/C20H23ClN2O3/c1-23(12-15-9-17(24)10-15)20(25)22-18-8-7-16(21)11-19(18)26-13-14-5-3-2-4-6-14/h2-8,11,15,17,24H,9-10,12-13H2,1H3,(H,22,25). The van der Waals surface area contributed by atoms with Crippen LogP contribution >= 0.6 is 11.6 Å². The van der Waals surface area contributed by atoms with E-state index in [1.54, 1.807) is 30.1 Å². The minimum atomic E-state index is -0.217. The summed E-state index contributed by atoms with van der Waals surface area (Å²) in [5.74, 6) is 0.891. The van der Waals surface area contributed by atoms with E-state index in [4.69, 9.17) is 16.3 Å². The van der Waals surface area contributed by atoms with Gasteiger partial charge in [0.25, 0.3) is 0 Å². The Morgan fingerprint density at radius 1 is 1.27 bits per heavy atom. The van der Waals surface area contributed by atoms with Gasteiger partial charge < -0.3 is 20.1 Å². The Hall–Kier alpha value is -2.24. The van der Waals surface area contributed by atoms with Gasteiger partial charge >= 0.3 is 6.03 Å². The predicted molar refractivity (Wildman–Crippen MR) is 103 cm³/mol. The molecule has 1 aliphatic carbocycles. The number of rotatable bonds is 6. The Balaban J connectivity index is 1.62. The van der Waals surface area contributed by atoms with Crippen LogP contribution < -0.4 is 10.1 Å². The first-order valence-corrected chi connectivity index (χ1v) is 9.05. The lowest BCUT2D eigenvalue weighted by molar-refractivity contribution is 0.0332. The number of carbonyl (C=O) groups is 1. The Kier molecular flexibility index (Phi) is 6.01. The number of hydrogen-bond acceptors (Lipinski definition) is 3. The lowest BCUT2D eigenvalue weighted by atomic mass is 9.82. The molecule has 3 rings (SSSR count). The summed E-state index contributed by atoms with van der Waals surface area (Å²) in [7, 11) is 1.75. The van der Waals surface area contributed by atoms with Crippen molar-refractivity contribution < 1.29 is 14.6 Å². The van der Waals surface area contributed by atoms with Gasteiger partial charge in [-0.25, -0.2) is 4.79 Å². The maximum absolute atomic E-state index is 12.4. The van der Waals surface area contributed by atoms with Crippen molar-refractivity contribution >= 4 is 23.3 Å². The predicted octanol–water partition coefficient (Wildman–Crippen LogP) is 4.15. The summed E-state index contributed by atoms with van der Waals surface area (Å²) in [5, 5.41) is 12.8. The van der Waals surface area contributed by atoms with E-state index >= 15 is 0 Å². The minimum absolute atomic E-state index is 0.210. The molecule has 0 aliphatic heterocycles. The molecule has 0 heterocycles. The summed E-state index contributed by atoms with van der Waals surface area (Å²) >= 11 is 6.08. The van der Waals surface area contributed by atoms with Gasteiger partial charge in [0.05, 0.1) is 11.8 Å². The van der Waals surface area contributed by atoms with Crippen LogP contribution in [0.1, 0.15) is 18.4 Å². The molecule has 0 radical (unpaired) electrons. The smallest absolute Gasteiger partial charge is 0.321 e. The van der Waals surface area contributed by atoms with Gasteiger partial charge in [-0.2, -0.15) is 0 Å². The molecule has 0 aromatic heterocycles. The summed E-state index contributed by atoms with van der Waals surface area (Å²) in [6.45, 7) is 1.01. The number of halogens is 1. The number of aliphatic hydroxyl groups excluding tert-OH is 1. The molecular weight excluding hydrogens is 352 g/mol. The molecule has 0 bridgehead atoms. The fourth-order valence-corrected chi connectivity index (χ4v) is 3.15. The number of ether oxygens (including phenoxy) is 1. The van der Waals surface area contributed by atoms with E-state index in [1.807, 2.05) is 30.3 Å². The monoisotopic (exact) mass is 374 g/mol. The van der Waals surface area contributed by atoms with Crippen LogP contribution in [-0.2, 0) is 6.61 Å². The number of aliphatic hydroxyl groups is 1. The third-order valence-electron chi connectivity index (χ3n) is 4.51. The van der Waals surface area contributed by atoms with Crippen molar-refractivity contribution in [2.24, 2.45) is 5.92 Å². The highest BCUT2D eigenvalue weighted by atomic mass is 35.5. The number of carbonyl (C=O) groups excluding carboxylic acids is 1. The molecule has 0 unspecified atom stereocenters. The van der Waals surface area contributed by atoms with Crippen LogP contribution in [0.15, 0.2) is 48.5 Å². The van der Waals surface area contributed by atoms with E-state index in [2.05, 4.69) is 5.32 Å². The molecule has 138 valence electrons. The third-order valence-corrected chi connectivity index (χ3v) is 4.75. The highest BCUT2D eigenvalue weighted by molar-refractivity contribution is 6.30. The fraction of sp³-hybridized carbons (Fsp3) is 0.350. The van der Waals surface area contributed by atoms with Crippen molar-refractivity contribution in [2.45, 2.75) is 25.6 Å². The molecule has 2 N–H and O–H groups in total. The van der Waals surface area contributed by atoms with Crippen LogP contribution in [0.25, 0.3) is 0 Å². The average Bonchev–Trinajstić information content (AvgIpc) is 2.61. The van der Waals surface area contributed by atoms with Crippen LogP contribution in [-0.4, -0.2) is 35.7 Å². The summed E-state index contributed by atoms with van der Waals surface area (Å²) in [4.78, 5) is 14.1. The molecule has 1 saturated carbocycles. The number of amides is 2. The zero-order chi connectivity index (χ0) is 18.5. The van der Waals surface area contributed by atoms with Crippen molar-refractivity contribution in [1.29, 1.82) is 0 Å². The van der Waals surface area contributed by atoms with Crippen molar-refractivity contribution in [3.05, 3.63) is 59.1 Å². The first kappa shape index (κ1) is 18.5. The second-order valence-electron chi connectivity index (χ2n) is 6.72. The molecule has 1 fully saturated rings. The maximum Gasteiger partial charge on any atom is 0.321 e. The lowest BCUT2D eigenvalue weighted by Crippen LogP contribution is -2.41. The second-order valence-corrected chi connectivity index (χ2v) is 7.15. The molecule has 0 atom stereocenters. The SMILES string of the molecule is CN(CC1CC(O)C1)C(=O)Nc1ccc(Cl)cc1OCc1ccccc1. The lowest BCUT2D eigenvalue weighted by Gasteiger charge is -2.34. The molecule has 0 spiro atoms. The molecule has 6 heteroatoms. The number of benzene rings is 2. The third kappa shape index (κ3) is 4.90. The van der Waals surface area contributed by atoms with E-state index in [0.717, 1.165) is 18.4 Å². The van der Waals surface area contributed by atoms with Gasteiger partial charge in [-0.05, 0) is 36.5 Å². The van der Waals surface area contributed by atoms with Gasteiger partial charge in [0.1, 0.15) is 12.4 Å². The summed E-state index contributed by atoms with van der Waals surface area (Å²) in [6.07, 6.45) is 1.29. The summed E-state index contributed by atoms with van der Waals surface area (Å²) in [5.41, 5.74) is 1.61. The highest BCUT2D eigenvalue weighted by Crippen LogP contribution is 2.30. The van der Waals surface area contributed by atoms with Crippen LogP contribution in [0.3, 0.4) is 0 Å².